The predicted molar refractivity (Wildman–Crippen MR) is 105 cm³/mol. The summed E-state index contributed by atoms with van der Waals surface area (Å²) in [6.07, 6.45) is 1.09. The molecule has 0 aliphatic heterocycles. The zero-order chi connectivity index (χ0) is 19.1. The number of sulfonamides is 1. The molecule has 0 bridgehead atoms. The van der Waals surface area contributed by atoms with E-state index in [-0.39, 0.29) is 5.91 Å². The van der Waals surface area contributed by atoms with Gasteiger partial charge in [0.15, 0.2) is 0 Å². The molecule has 3 aromatic rings. The van der Waals surface area contributed by atoms with Gasteiger partial charge in [0.1, 0.15) is 0 Å². The number of H-pyrrole nitrogens is 1. The highest BCUT2D eigenvalue weighted by atomic mass is 32.2. The zero-order valence-corrected chi connectivity index (χ0v) is 15.9. The number of rotatable bonds is 4. The first-order valence-electron chi connectivity index (χ1n) is 8.13. The average Bonchev–Trinajstić information content (AvgIpc) is 2.84. The highest BCUT2D eigenvalue weighted by molar-refractivity contribution is 7.92. The first-order valence-corrected chi connectivity index (χ1v) is 10.0. The minimum absolute atomic E-state index is 0.258. The maximum atomic E-state index is 12.8. The lowest BCUT2D eigenvalue weighted by Gasteiger charge is -2.11. The van der Waals surface area contributed by atoms with Gasteiger partial charge in [-0.2, -0.15) is 0 Å². The molecule has 6 nitrogen and oxygen atoms in total. The molecule has 2 aromatic carbocycles. The van der Waals surface area contributed by atoms with Crippen molar-refractivity contribution in [2.24, 2.45) is 0 Å². The second kappa shape index (κ2) is 6.49. The van der Waals surface area contributed by atoms with Gasteiger partial charge < -0.3 is 10.3 Å². The van der Waals surface area contributed by atoms with Crippen LogP contribution in [0.5, 0.6) is 0 Å². The van der Waals surface area contributed by atoms with E-state index in [1.165, 1.54) is 0 Å². The smallest absolute Gasteiger partial charge is 0.257 e. The molecule has 0 saturated carbocycles. The van der Waals surface area contributed by atoms with Gasteiger partial charge in [-0.15, -0.1) is 0 Å². The molecule has 0 fully saturated rings. The molecular weight excluding hydrogens is 350 g/mol. The van der Waals surface area contributed by atoms with Crippen molar-refractivity contribution >= 4 is 38.2 Å². The number of fused-ring (bicyclic) bond motifs is 1. The number of benzene rings is 2. The topological polar surface area (TPSA) is 91.1 Å². The third-order valence-electron chi connectivity index (χ3n) is 4.38. The van der Waals surface area contributed by atoms with Gasteiger partial charge in [0.2, 0.25) is 10.0 Å². The normalized spacial score (nSPS) is 11.5. The molecule has 0 radical (unpaired) electrons. The van der Waals surface area contributed by atoms with Gasteiger partial charge in [0, 0.05) is 16.8 Å². The summed E-state index contributed by atoms with van der Waals surface area (Å²) >= 11 is 0. The van der Waals surface area contributed by atoms with E-state index >= 15 is 0 Å². The van der Waals surface area contributed by atoms with Gasteiger partial charge in [-0.1, -0.05) is 18.2 Å². The molecule has 136 valence electrons. The van der Waals surface area contributed by atoms with Crippen LogP contribution < -0.4 is 10.0 Å². The number of hydrogen-bond donors (Lipinski definition) is 3. The van der Waals surface area contributed by atoms with Gasteiger partial charge in [-0.3, -0.25) is 9.52 Å². The number of amides is 1. The van der Waals surface area contributed by atoms with E-state index in [0.29, 0.717) is 16.9 Å². The van der Waals surface area contributed by atoms with Crippen molar-refractivity contribution in [3.8, 4) is 0 Å². The van der Waals surface area contributed by atoms with E-state index in [1.54, 1.807) is 31.2 Å². The van der Waals surface area contributed by atoms with Crippen LogP contribution in [0, 0.1) is 20.8 Å². The molecule has 1 amide bonds. The van der Waals surface area contributed by atoms with E-state index < -0.39 is 10.0 Å². The number of anilines is 2. The first kappa shape index (κ1) is 18.0. The van der Waals surface area contributed by atoms with Crippen LogP contribution in [0.3, 0.4) is 0 Å². The minimum Gasteiger partial charge on any atom is -0.358 e. The van der Waals surface area contributed by atoms with Gasteiger partial charge in [0.25, 0.3) is 5.91 Å². The van der Waals surface area contributed by atoms with E-state index in [4.69, 9.17) is 0 Å². The van der Waals surface area contributed by atoms with Crippen LogP contribution in [0.15, 0.2) is 36.4 Å². The maximum Gasteiger partial charge on any atom is 0.257 e. The second-order valence-electron chi connectivity index (χ2n) is 6.46. The van der Waals surface area contributed by atoms with Crippen molar-refractivity contribution in [1.29, 1.82) is 0 Å². The summed E-state index contributed by atoms with van der Waals surface area (Å²) in [5, 5.41) is 3.85. The lowest BCUT2D eigenvalue weighted by molar-refractivity contribution is 0.102. The van der Waals surface area contributed by atoms with Gasteiger partial charge in [-0.05, 0) is 50.1 Å². The molecule has 1 heterocycles. The van der Waals surface area contributed by atoms with Crippen molar-refractivity contribution in [1.82, 2.24) is 4.98 Å². The summed E-state index contributed by atoms with van der Waals surface area (Å²) in [4.78, 5) is 16.0. The number of carbonyl (C=O) groups excluding carboxylic acids is 1. The first-order chi connectivity index (χ1) is 12.2. The molecule has 0 spiro atoms. The van der Waals surface area contributed by atoms with Gasteiger partial charge in [-0.25, -0.2) is 8.42 Å². The molecule has 0 aliphatic rings. The molecule has 0 aliphatic carbocycles. The Morgan fingerprint density at radius 3 is 2.50 bits per heavy atom. The number of aryl methyl sites for hydroxylation is 3. The lowest BCUT2D eigenvalue weighted by Crippen LogP contribution is -2.14. The van der Waals surface area contributed by atoms with Gasteiger partial charge >= 0.3 is 0 Å². The quantitative estimate of drug-likeness (QED) is 0.653. The molecule has 7 heteroatoms. The maximum absolute atomic E-state index is 12.8. The Kier molecular flexibility index (Phi) is 4.50. The average molecular weight is 371 g/mol. The van der Waals surface area contributed by atoms with Gasteiger partial charge in [0.05, 0.1) is 23.0 Å². The summed E-state index contributed by atoms with van der Waals surface area (Å²) < 4.78 is 25.4. The predicted octanol–water partition coefficient (Wildman–Crippen LogP) is 3.72. The molecule has 3 N–H and O–H groups in total. The number of hydrogen-bond acceptors (Lipinski definition) is 3. The second-order valence-corrected chi connectivity index (χ2v) is 8.21. The molecule has 0 unspecified atom stereocenters. The number of nitrogens with one attached hydrogen (secondary N) is 3. The van der Waals surface area contributed by atoms with E-state index in [2.05, 4.69) is 15.0 Å². The van der Waals surface area contributed by atoms with Crippen LogP contribution in [0.25, 0.3) is 10.9 Å². The SMILES string of the molecule is Cc1ccc(NC(=O)c2cccc3c(C)c(C)[nH]c23)cc1NS(C)(=O)=O. The Hall–Kier alpha value is -2.80. The number of para-hydroxylation sites is 1. The Morgan fingerprint density at radius 1 is 1.08 bits per heavy atom. The Morgan fingerprint density at radius 2 is 1.81 bits per heavy atom. The Balaban J connectivity index is 1.94. The van der Waals surface area contributed by atoms with Crippen LogP contribution in [-0.4, -0.2) is 25.6 Å². The largest absolute Gasteiger partial charge is 0.358 e. The summed E-state index contributed by atoms with van der Waals surface area (Å²) in [5.74, 6) is -0.258. The number of aromatic amines is 1. The number of carbonyl (C=O) groups is 1. The standard InChI is InChI=1S/C19H21N3O3S/c1-11-8-9-14(10-17(11)22-26(4,24)25)21-19(23)16-7-5-6-15-12(2)13(3)20-18(15)16/h5-10,20,22H,1-4H3,(H,21,23). The van der Waals surface area contributed by atoms with Crippen LogP contribution in [0.1, 0.15) is 27.2 Å². The van der Waals surface area contributed by atoms with E-state index in [0.717, 1.165) is 34.0 Å². The lowest BCUT2D eigenvalue weighted by atomic mass is 10.1. The summed E-state index contributed by atoms with van der Waals surface area (Å²) in [6, 6.07) is 10.7. The van der Waals surface area contributed by atoms with Crippen LogP contribution in [0.4, 0.5) is 11.4 Å². The zero-order valence-electron chi connectivity index (χ0n) is 15.1. The third kappa shape index (κ3) is 3.57. The summed E-state index contributed by atoms with van der Waals surface area (Å²) in [7, 11) is -3.40. The van der Waals surface area contributed by atoms with Crippen molar-refractivity contribution in [2.75, 3.05) is 16.3 Å². The van der Waals surface area contributed by atoms with Crippen LogP contribution in [-0.2, 0) is 10.0 Å². The van der Waals surface area contributed by atoms with E-state index in [1.807, 2.05) is 26.0 Å². The minimum atomic E-state index is -3.40. The molecule has 0 saturated heterocycles. The molecule has 0 atom stereocenters. The monoisotopic (exact) mass is 371 g/mol. The highest BCUT2D eigenvalue weighted by Crippen LogP contribution is 2.26. The molecule has 3 rings (SSSR count). The number of aromatic nitrogens is 1. The Labute approximate surface area is 152 Å². The van der Waals surface area contributed by atoms with Crippen molar-refractivity contribution in [3.63, 3.8) is 0 Å². The van der Waals surface area contributed by atoms with Crippen LogP contribution >= 0.6 is 0 Å². The van der Waals surface area contributed by atoms with Crippen LogP contribution in [0.2, 0.25) is 0 Å². The highest BCUT2D eigenvalue weighted by Gasteiger charge is 2.15. The summed E-state index contributed by atoms with van der Waals surface area (Å²) in [6.45, 7) is 5.78. The van der Waals surface area contributed by atoms with Crippen molar-refractivity contribution < 1.29 is 13.2 Å². The van der Waals surface area contributed by atoms with Crippen molar-refractivity contribution in [2.45, 2.75) is 20.8 Å². The van der Waals surface area contributed by atoms with E-state index in [9.17, 15) is 13.2 Å². The fraction of sp³-hybridized carbons (Fsp3) is 0.211. The van der Waals surface area contributed by atoms with Crippen molar-refractivity contribution in [3.05, 3.63) is 58.8 Å². The molecule has 26 heavy (non-hydrogen) atoms. The Bertz CT molecular complexity index is 1110. The fourth-order valence-corrected chi connectivity index (χ4v) is 3.50. The summed E-state index contributed by atoms with van der Waals surface area (Å²) in [5.41, 5.74) is 5.20. The fourth-order valence-electron chi connectivity index (χ4n) is 2.88. The molecule has 1 aromatic heterocycles. The molecular formula is C19H21N3O3S. The third-order valence-corrected chi connectivity index (χ3v) is 4.97.